The summed E-state index contributed by atoms with van der Waals surface area (Å²) in [6.45, 7) is 2.65. The van der Waals surface area contributed by atoms with E-state index in [1.54, 1.807) is 4.90 Å². The summed E-state index contributed by atoms with van der Waals surface area (Å²) in [4.78, 5) is 35.8. The van der Waals surface area contributed by atoms with E-state index in [-0.39, 0.29) is 61.1 Å². The Morgan fingerprint density at radius 2 is 1.94 bits per heavy atom. The zero-order valence-electron chi connectivity index (χ0n) is 19.6. The van der Waals surface area contributed by atoms with Gasteiger partial charge >= 0.3 is 6.18 Å². The number of aromatic nitrogens is 2. The Balaban J connectivity index is 1.53. The highest BCUT2D eigenvalue weighted by molar-refractivity contribution is 5.78. The van der Waals surface area contributed by atoms with Crippen molar-refractivity contribution in [2.75, 3.05) is 19.6 Å². The van der Waals surface area contributed by atoms with E-state index >= 15 is 0 Å². The summed E-state index contributed by atoms with van der Waals surface area (Å²) < 4.78 is 68.3. The summed E-state index contributed by atoms with van der Waals surface area (Å²) in [6.07, 6.45) is -3.75. The van der Waals surface area contributed by atoms with Gasteiger partial charge in [0.25, 0.3) is 0 Å². The molecule has 2 amide bonds. The highest BCUT2D eigenvalue weighted by Gasteiger charge is 2.39. The van der Waals surface area contributed by atoms with E-state index in [1.807, 2.05) is 6.92 Å². The Labute approximate surface area is 204 Å². The van der Waals surface area contributed by atoms with Gasteiger partial charge in [0, 0.05) is 49.6 Å². The summed E-state index contributed by atoms with van der Waals surface area (Å²) in [6, 6.07) is 1.98. The van der Waals surface area contributed by atoms with Gasteiger partial charge in [0.2, 0.25) is 11.8 Å². The molecule has 1 aromatic heterocycles. The van der Waals surface area contributed by atoms with Crippen molar-refractivity contribution in [3.63, 3.8) is 0 Å². The van der Waals surface area contributed by atoms with Crippen LogP contribution < -0.4 is 5.73 Å². The Morgan fingerprint density at radius 1 is 1.19 bits per heavy atom. The molecule has 36 heavy (non-hydrogen) atoms. The Hall–Kier alpha value is -3.15. The van der Waals surface area contributed by atoms with Crippen molar-refractivity contribution >= 4 is 11.8 Å². The number of amides is 2. The van der Waals surface area contributed by atoms with E-state index in [1.165, 1.54) is 4.90 Å². The van der Waals surface area contributed by atoms with Crippen molar-refractivity contribution in [1.82, 2.24) is 19.8 Å². The van der Waals surface area contributed by atoms with Crippen LogP contribution in [0, 0.1) is 17.6 Å². The van der Waals surface area contributed by atoms with Crippen LogP contribution >= 0.6 is 0 Å². The number of nitrogens with zero attached hydrogens (tertiary/aromatic N) is 4. The molecule has 2 aliphatic rings. The molecule has 0 unspecified atom stereocenters. The number of rotatable bonds is 5. The Morgan fingerprint density at radius 3 is 2.64 bits per heavy atom. The van der Waals surface area contributed by atoms with Gasteiger partial charge in [-0.15, -0.1) is 0 Å². The van der Waals surface area contributed by atoms with Gasteiger partial charge in [0.15, 0.2) is 23.2 Å². The summed E-state index contributed by atoms with van der Waals surface area (Å²) in [5, 5.41) is 0. The van der Waals surface area contributed by atoms with Gasteiger partial charge in [0.05, 0.1) is 12.2 Å². The number of halogens is 5. The lowest BCUT2D eigenvalue weighted by atomic mass is 9.98. The van der Waals surface area contributed by atoms with Crippen LogP contribution in [0.1, 0.15) is 43.1 Å². The highest BCUT2D eigenvalue weighted by atomic mass is 19.4. The molecule has 2 aromatic rings. The molecule has 0 saturated carbocycles. The first-order valence-corrected chi connectivity index (χ1v) is 11.7. The molecule has 1 fully saturated rings. The van der Waals surface area contributed by atoms with Crippen LogP contribution in [-0.2, 0) is 28.7 Å². The molecule has 2 aliphatic heterocycles. The van der Waals surface area contributed by atoms with Crippen LogP contribution in [0.4, 0.5) is 22.0 Å². The standard InChI is InChI=1S/C24H26F5N5O2/c1-13-2-5-20(35)34(10-13)11-15(30)9-21(36)33-7-6-16-19(12-33)31-23(32-22(16)24(27,28)29)14-3-4-17(25)18(26)8-14/h3-4,8,13,15H,2,5-7,9-12,30H2,1H3/t13-,15-/m1/s1. The molecule has 0 aliphatic carbocycles. The fraction of sp³-hybridized carbons (Fsp3) is 0.500. The lowest BCUT2D eigenvalue weighted by Gasteiger charge is -2.34. The smallest absolute Gasteiger partial charge is 0.341 e. The van der Waals surface area contributed by atoms with Crippen LogP contribution in [0.2, 0.25) is 0 Å². The number of benzene rings is 1. The summed E-state index contributed by atoms with van der Waals surface area (Å²) >= 11 is 0. The maximum atomic E-state index is 13.8. The second-order valence-electron chi connectivity index (χ2n) is 9.42. The van der Waals surface area contributed by atoms with Gasteiger partial charge in [-0.3, -0.25) is 9.59 Å². The van der Waals surface area contributed by atoms with Gasteiger partial charge < -0.3 is 15.5 Å². The molecule has 194 valence electrons. The Bertz CT molecular complexity index is 1170. The van der Waals surface area contributed by atoms with Crippen LogP contribution in [0.25, 0.3) is 11.4 Å². The third-order valence-corrected chi connectivity index (χ3v) is 6.49. The second-order valence-corrected chi connectivity index (χ2v) is 9.42. The van der Waals surface area contributed by atoms with Crippen molar-refractivity contribution in [2.45, 2.75) is 51.4 Å². The number of carbonyl (C=O) groups is 2. The molecule has 0 bridgehead atoms. The average Bonchev–Trinajstić information content (AvgIpc) is 2.81. The van der Waals surface area contributed by atoms with Crippen molar-refractivity contribution in [3.8, 4) is 11.4 Å². The first-order chi connectivity index (χ1) is 16.9. The van der Waals surface area contributed by atoms with E-state index in [2.05, 4.69) is 9.97 Å². The topological polar surface area (TPSA) is 92.4 Å². The summed E-state index contributed by atoms with van der Waals surface area (Å²) in [5.74, 6) is -2.84. The van der Waals surface area contributed by atoms with Gasteiger partial charge in [-0.1, -0.05) is 6.92 Å². The SMILES string of the molecule is C[C@@H]1CCC(=O)N(C[C@H](N)CC(=O)N2CCc3c(nc(-c4ccc(F)c(F)c4)nc3C(F)(F)F)C2)C1. The van der Waals surface area contributed by atoms with E-state index in [9.17, 15) is 31.5 Å². The second kappa shape index (κ2) is 10.1. The maximum absolute atomic E-state index is 13.8. The number of nitrogens with two attached hydrogens (primary N) is 1. The lowest BCUT2D eigenvalue weighted by Crippen LogP contribution is -2.48. The van der Waals surface area contributed by atoms with E-state index < -0.39 is 35.4 Å². The van der Waals surface area contributed by atoms with Crippen molar-refractivity contribution in [2.24, 2.45) is 11.7 Å². The van der Waals surface area contributed by atoms with Gasteiger partial charge in [-0.25, -0.2) is 18.7 Å². The zero-order chi connectivity index (χ0) is 26.2. The zero-order valence-corrected chi connectivity index (χ0v) is 19.6. The highest BCUT2D eigenvalue weighted by Crippen LogP contribution is 2.35. The molecular formula is C24H26F5N5O2. The minimum Gasteiger partial charge on any atom is -0.341 e. The van der Waals surface area contributed by atoms with Crippen LogP contribution in [0.3, 0.4) is 0 Å². The fourth-order valence-electron chi connectivity index (χ4n) is 4.62. The molecular weight excluding hydrogens is 485 g/mol. The number of hydrogen-bond donors (Lipinski definition) is 1. The molecule has 1 saturated heterocycles. The molecule has 0 spiro atoms. The quantitative estimate of drug-likeness (QED) is 0.622. The Kier molecular flexibility index (Phi) is 7.26. The van der Waals surface area contributed by atoms with Crippen LogP contribution in [0.5, 0.6) is 0 Å². The van der Waals surface area contributed by atoms with E-state index in [0.717, 1.165) is 24.6 Å². The third-order valence-electron chi connectivity index (χ3n) is 6.49. The number of hydrogen-bond acceptors (Lipinski definition) is 5. The van der Waals surface area contributed by atoms with Crippen molar-refractivity contribution < 1.29 is 31.5 Å². The largest absolute Gasteiger partial charge is 0.433 e. The van der Waals surface area contributed by atoms with Crippen LogP contribution in [0.15, 0.2) is 18.2 Å². The molecule has 1 aromatic carbocycles. The number of likely N-dealkylation sites (tertiary alicyclic amines) is 1. The molecule has 2 atom stereocenters. The average molecular weight is 511 g/mol. The molecule has 4 rings (SSSR count). The predicted octanol–water partition coefficient (Wildman–Crippen LogP) is 3.30. The monoisotopic (exact) mass is 511 g/mol. The fourth-order valence-corrected chi connectivity index (χ4v) is 4.62. The first kappa shape index (κ1) is 25.9. The molecule has 3 heterocycles. The van der Waals surface area contributed by atoms with Crippen molar-refractivity contribution in [1.29, 1.82) is 0 Å². The minimum absolute atomic E-state index is 0.00902. The lowest BCUT2D eigenvalue weighted by molar-refractivity contribution is -0.142. The van der Waals surface area contributed by atoms with Crippen LogP contribution in [-0.4, -0.2) is 57.3 Å². The summed E-state index contributed by atoms with van der Waals surface area (Å²) in [7, 11) is 0. The van der Waals surface area contributed by atoms with Gasteiger partial charge in [-0.05, 0) is 37.0 Å². The number of piperidine rings is 1. The van der Waals surface area contributed by atoms with E-state index in [0.29, 0.717) is 18.9 Å². The number of carbonyl (C=O) groups excluding carboxylic acids is 2. The number of alkyl halides is 3. The maximum Gasteiger partial charge on any atom is 0.433 e. The molecule has 0 radical (unpaired) electrons. The molecule has 7 nitrogen and oxygen atoms in total. The molecule has 12 heteroatoms. The first-order valence-electron chi connectivity index (χ1n) is 11.7. The third kappa shape index (κ3) is 5.63. The van der Waals surface area contributed by atoms with Gasteiger partial charge in [0.1, 0.15) is 0 Å². The van der Waals surface area contributed by atoms with Crippen molar-refractivity contribution in [3.05, 3.63) is 46.8 Å². The van der Waals surface area contributed by atoms with Gasteiger partial charge in [-0.2, -0.15) is 13.2 Å². The summed E-state index contributed by atoms with van der Waals surface area (Å²) in [5.41, 5.74) is 4.73. The minimum atomic E-state index is -4.80. The number of fused-ring (bicyclic) bond motifs is 1. The predicted molar refractivity (Wildman–Crippen MR) is 119 cm³/mol. The molecule has 2 N–H and O–H groups in total. The normalized spacial score (nSPS) is 19.3. The van der Waals surface area contributed by atoms with E-state index in [4.69, 9.17) is 5.73 Å².